The average molecular weight is 414 g/mol. The predicted octanol–water partition coefficient (Wildman–Crippen LogP) is 2.46. The third kappa shape index (κ3) is 3.83. The van der Waals surface area contributed by atoms with Crippen LogP contribution in [0.1, 0.15) is 23.7 Å². The van der Waals surface area contributed by atoms with E-state index in [1.807, 2.05) is 0 Å². The van der Waals surface area contributed by atoms with Crippen LogP contribution in [-0.2, 0) is 10.0 Å². The first kappa shape index (κ1) is 19.4. The molecule has 1 aliphatic rings. The summed E-state index contributed by atoms with van der Waals surface area (Å²) in [6.45, 7) is 2.07. The van der Waals surface area contributed by atoms with E-state index in [-0.39, 0.29) is 22.9 Å². The molecule has 1 aromatic carbocycles. The van der Waals surface area contributed by atoms with E-state index in [0.29, 0.717) is 30.0 Å². The third-order valence-electron chi connectivity index (χ3n) is 5.03. The molecule has 9 heteroatoms. The zero-order chi connectivity index (χ0) is 20.6. The van der Waals surface area contributed by atoms with Crippen molar-refractivity contribution in [2.45, 2.75) is 24.2 Å². The van der Waals surface area contributed by atoms with Crippen molar-refractivity contribution in [3.63, 3.8) is 0 Å². The summed E-state index contributed by atoms with van der Waals surface area (Å²) in [7, 11) is -3.76. The van der Waals surface area contributed by atoms with Crippen molar-refractivity contribution in [3.8, 4) is 11.3 Å². The molecule has 0 radical (unpaired) electrons. The average Bonchev–Trinajstić information content (AvgIpc) is 3.19. The Kier molecular flexibility index (Phi) is 5.01. The smallest absolute Gasteiger partial charge is 0.251 e. The number of rotatable bonds is 4. The summed E-state index contributed by atoms with van der Waals surface area (Å²) in [6.07, 6.45) is 3.77. The van der Waals surface area contributed by atoms with Gasteiger partial charge in [-0.2, -0.15) is 4.31 Å². The fourth-order valence-corrected chi connectivity index (χ4v) is 5.26. The monoisotopic (exact) mass is 414 g/mol. The van der Waals surface area contributed by atoms with Gasteiger partial charge in [0, 0.05) is 43.0 Å². The Labute approximate surface area is 167 Å². The quantitative estimate of drug-likeness (QED) is 0.708. The maximum Gasteiger partial charge on any atom is 0.251 e. The minimum absolute atomic E-state index is 0.0894. The molecule has 0 saturated carbocycles. The van der Waals surface area contributed by atoms with Crippen molar-refractivity contribution in [2.75, 3.05) is 13.1 Å². The summed E-state index contributed by atoms with van der Waals surface area (Å²) >= 11 is 0. The van der Waals surface area contributed by atoms with Crippen molar-refractivity contribution >= 4 is 10.0 Å². The van der Waals surface area contributed by atoms with Crippen LogP contribution in [0, 0.1) is 12.7 Å². The summed E-state index contributed by atoms with van der Waals surface area (Å²) in [5.41, 5.74) is 1.34. The Morgan fingerprint density at radius 2 is 1.93 bits per heavy atom. The molecule has 3 aromatic rings. The fourth-order valence-electron chi connectivity index (χ4n) is 3.55. The molecular weight excluding hydrogens is 395 g/mol. The van der Waals surface area contributed by atoms with E-state index in [4.69, 9.17) is 0 Å². The molecule has 7 nitrogen and oxygen atoms in total. The van der Waals surface area contributed by atoms with E-state index in [9.17, 15) is 17.6 Å². The molecule has 4 rings (SSSR count). The normalized spacial score (nSPS) is 17.5. The number of H-pyrrole nitrogens is 1. The molecule has 0 amide bonds. The van der Waals surface area contributed by atoms with Crippen LogP contribution in [0.15, 0.2) is 58.5 Å². The van der Waals surface area contributed by atoms with Crippen molar-refractivity contribution in [1.82, 2.24) is 19.3 Å². The van der Waals surface area contributed by atoms with Gasteiger partial charge < -0.3 is 4.98 Å². The van der Waals surface area contributed by atoms with Gasteiger partial charge in [0.25, 0.3) is 5.56 Å². The number of hydrogen-bond acceptors (Lipinski definition) is 5. The molecule has 1 N–H and O–H groups in total. The number of pyridine rings is 1. The standard InChI is InChI=1S/C20H19FN4O3S/c1-13-10-16(21)2-3-18(13)29(27,28)25-9-6-15(12-25)20-23-17(11-19(26)24-20)14-4-7-22-8-5-14/h2-5,7-8,10-11,15H,6,9,12H2,1H3,(H,23,24,26)/t15-/m1/s1. The van der Waals surface area contributed by atoms with E-state index in [1.165, 1.54) is 22.5 Å². The lowest BCUT2D eigenvalue weighted by atomic mass is 10.1. The Morgan fingerprint density at radius 3 is 2.66 bits per heavy atom. The van der Waals surface area contributed by atoms with Gasteiger partial charge in [-0.15, -0.1) is 0 Å². The molecule has 0 bridgehead atoms. The van der Waals surface area contributed by atoms with Gasteiger partial charge in [-0.3, -0.25) is 9.78 Å². The van der Waals surface area contributed by atoms with Crippen LogP contribution in [0.5, 0.6) is 0 Å². The van der Waals surface area contributed by atoms with E-state index >= 15 is 0 Å². The zero-order valence-electron chi connectivity index (χ0n) is 15.7. The molecule has 29 heavy (non-hydrogen) atoms. The van der Waals surface area contributed by atoms with Crippen LogP contribution < -0.4 is 5.56 Å². The van der Waals surface area contributed by atoms with E-state index in [1.54, 1.807) is 31.5 Å². The lowest BCUT2D eigenvalue weighted by molar-refractivity contribution is 0.470. The molecule has 2 aromatic heterocycles. The van der Waals surface area contributed by atoms with Crippen LogP contribution in [0.4, 0.5) is 4.39 Å². The molecule has 0 spiro atoms. The molecule has 1 saturated heterocycles. The first-order valence-corrected chi connectivity index (χ1v) is 10.6. The van der Waals surface area contributed by atoms with Gasteiger partial charge in [-0.1, -0.05) is 0 Å². The molecule has 3 heterocycles. The molecule has 1 atom stereocenters. The number of aryl methyl sites for hydroxylation is 1. The Bertz CT molecular complexity index is 1210. The van der Waals surface area contributed by atoms with Crippen molar-refractivity contribution in [1.29, 1.82) is 0 Å². The minimum Gasteiger partial charge on any atom is -0.310 e. The largest absolute Gasteiger partial charge is 0.310 e. The second-order valence-corrected chi connectivity index (χ2v) is 8.92. The summed E-state index contributed by atoms with van der Waals surface area (Å²) in [5, 5.41) is 0. The molecule has 0 aliphatic carbocycles. The number of benzene rings is 1. The van der Waals surface area contributed by atoms with Gasteiger partial charge in [0.2, 0.25) is 10.0 Å². The van der Waals surface area contributed by atoms with Gasteiger partial charge in [0.05, 0.1) is 10.6 Å². The first-order chi connectivity index (χ1) is 13.8. The van der Waals surface area contributed by atoms with Gasteiger partial charge in [-0.05, 0) is 49.2 Å². The number of aromatic nitrogens is 3. The summed E-state index contributed by atoms with van der Waals surface area (Å²) in [5.74, 6) is -0.256. The fraction of sp³-hybridized carbons (Fsp3) is 0.250. The second-order valence-electron chi connectivity index (χ2n) is 7.01. The minimum atomic E-state index is -3.76. The van der Waals surface area contributed by atoms with Crippen LogP contribution in [0.3, 0.4) is 0 Å². The Balaban J connectivity index is 1.62. The molecular formula is C20H19FN4O3S. The highest BCUT2D eigenvalue weighted by molar-refractivity contribution is 7.89. The van der Waals surface area contributed by atoms with Crippen molar-refractivity contribution < 1.29 is 12.8 Å². The second kappa shape index (κ2) is 7.49. The highest BCUT2D eigenvalue weighted by atomic mass is 32.2. The molecule has 1 fully saturated rings. The topological polar surface area (TPSA) is 96.0 Å². The molecule has 1 aliphatic heterocycles. The van der Waals surface area contributed by atoms with Crippen LogP contribution in [-0.4, -0.2) is 40.8 Å². The molecule has 150 valence electrons. The van der Waals surface area contributed by atoms with E-state index in [0.717, 1.165) is 11.6 Å². The van der Waals surface area contributed by atoms with Gasteiger partial charge in [-0.25, -0.2) is 17.8 Å². The van der Waals surface area contributed by atoms with Crippen molar-refractivity contribution in [2.24, 2.45) is 0 Å². The van der Waals surface area contributed by atoms with Crippen LogP contribution in [0.2, 0.25) is 0 Å². The Morgan fingerprint density at radius 1 is 1.17 bits per heavy atom. The van der Waals surface area contributed by atoms with Gasteiger partial charge >= 0.3 is 0 Å². The van der Waals surface area contributed by atoms with Crippen molar-refractivity contribution in [3.05, 3.63) is 76.4 Å². The molecule has 0 unspecified atom stereocenters. The predicted molar refractivity (Wildman–Crippen MR) is 105 cm³/mol. The zero-order valence-corrected chi connectivity index (χ0v) is 16.5. The van der Waals surface area contributed by atoms with Gasteiger partial charge in [0.15, 0.2) is 0 Å². The van der Waals surface area contributed by atoms with Crippen LogP contribution >= 0.6 is 0 Å². The summed E-state index contributed by atoms with van der Waals surface area (Å²) in [6, 6.07) is 8.56. The van der Waals surface area contributed by atoms with E-state index < -0.39 is 15.8 Å². The highest BCUT2D eigenvalue weighted by Gasteiger charge is 2.35. The van der Waals surface area contributed by atoms with E-state index in [2.05, 4.69) is 15.0 Å². The summed E-state index contributed by atoms with van der Waals surface area (Å²) < 4.78 is 40.7. The lowest BCUT2D eigenvalue weighted by Gasteiger charge is -2.18. The number of nitrogens with one attached hydrogen (secondary N) is 1. The highest BCUT2D eigenvalue weighted by Crippen LogP contribution is 2.31. The Hall–Kier alpha value is -2.91. The van der Waals surface area contributed by atoms with Gasteiger partial charge in [0.1, 0.15) is 11.6 Å². The number of aromatic amines is 1. The SMILES string of the molecule is Cc1cc(F)ccc1S(=O)(=O)N1CC[C@@H](c2nc(-c3ccncc3)cc(=O)[nH]2)C1. The number of hydrogen-bond donors (Lipinski definition) is 1. The maximum absolute atomic E-state index is 13.4. The van der Waals surface area contributed by atoms with Crippen LogP contribution in [0.25, 0.3) is 11.3 Å². The summed E-state index contributed by atoms with van der Waals surface area (Å²) in [4.78, 5) is 23.5. The lowest BCUT2D eigenvalue weighted by Crippen LogP contribution is -2.29. The number of nitrogens with zero attached hydrogens (tertiary/aromatic N) is 3. The number of halogens is 1. The number of sulfonamides is 1. The third-order valence-corrected chi connectivity index (χ3v) is 7.05. The first-order valence-electron chi connectivity index (χ1n) is 9.12. The maximum atomic E-state index is 13.4.